The molecular formula is C24H28N4O3S2. The molecule has 7 nitrogen and oxygen atoms in total. The van der Waals surface area contributed by atoms with E-state index in [-0.39, 0.29) is 17.4 Å². The summed E-state index contributed by atoms with van der Waals surface area (Å²) in [4.78, 5) is 44.6. The summed E-state index contributed by atoms with van der Waals surface area (Å²) < 4.78 is 1.70. The van der Waals surface area contributed by atoms with Crippen molar-refractivity contribution < 1.29 is 9.59 Å². The largest absolute Gasteiger partial charge is 0.336 e. The number of aromatic nitrogens is 2. The third kappa shape index (κ3) is 5.65. The molecule has 0 saturated heterocycles. The van der Waals surface area contributed by atoms with Crippen LogP contribution >= 0.6 is 23.1 Å². The average Bonchev–Trinajstić information content (AvgIpc) is 3.16. The Morgan fingerprint density at radius 1 is 1.18 bits per heavy atom. The van der Waals surface area contributed by atoms with Crippen molar-refractivity contribution in [1.82, 2.24) is 20.2 Å². The smallest absolute Gasteiger partial charge is 0.321 e. The van der Waals surface area contributed by atoms with Crippen molar-refractivity contribution >= 4 is 45.3 Å². The van der Waals surface area contributed by atoms with Crippen molar-refractivity contribution in [3.05, 3.63) is 56.7 Å². The fraction of sp³-hybridized carbons (Fsp3) is 0.417. The van der Waals surface area contributed by atoms with Gasteiger partial charge in [-0.05, 0) is 57.1 Å². The summed E-state index contributed by atoms with van der Waals surface area (Å²) >= 11 is 2.79. The minimum absolute atomic E-state index is 0.000111. The van der Waals surface area contributed by atoms with E-state index in [9.17, 15) is 14.4 Å². The Morgan fingerprint density at radius 2 is 1.94 bits per heavy atom. The predicted molar refractivity (Wildman–Crippen MR) is 133 cm³/mol. The van der Waals surface area contributed by atoms with Crippen molar-refractivity contribution in [2.75, 3.05) is 5.75 Å². The normalized spacial score (nSPS) is 13.2. The van der Waals surface area contributed by atoms with Crippen molar-refractivity contribution in [3.63, 3.8) is 0 Å². The number of hydrogen-bond donors (Lipinski definition) is 2. The van der Waals surface area contributed by atoms with Crippen LogP contribution in [0.1, 0.15) is 42.7 Å². The standard InChI is InChI=1S/C24H28N4O3S2/c1-15(2)25-23(31)26-19(29)14-32-24-27-21-20(17-10-6-7-11-18(17)33-21)22(30)28(24)13-12-16-8-4-3-5-9-16/h3-5,8-9,15H,6-7,10-14H2,1-2H3,(H2,25,26,29,31). The van der Waals surface area contributed by atoms with E-state index < -0.39 is 11.9 Å². The lowest BCUT2D eigenvalue weighted by Crippen LogP contribution is -2.43. The van der Waals surface area contributed by atoms with Crippen LogP contribution in [0.4, 0.5) is 4.79 Å². The number of amides is 3. The van der Waals surface area contributed by atoms with Crippen molar-refractivity contribution in [2.24, 2.45) is 0 Å². The fourth-order valence-corrected chi connectivity index (χ4v) is 6.13. The maximum Gasteiger partial charge on any atom is 0.321 e. The van der Waals surface area contributed by atoms with Gasteiger partial charge in [-0.2, -0.15) is 0 Å². The van der Waals surface area contributed by atoms with Crippen LogP contribution in [0.25, 0.3) is 10.2 Å². The summed E-state index contributed by atoms with van der Waals surface area (Å²) in [7, 11) is 0. The first-order valence-corrected chi connectivity index (χ1v) is 13.0. The molecule has 0 fully saturated rings. The van der Waals surface area contributed by atoms with Gasteiger partial charge < -0.3 is 5.32 Å². The van der Waals surface area contributed by atoms with Gasteiger partial charge in [-0.1, -0.05) is 42.1 Å². The minimum Gasteiger partial charge on any atom is -0.336 e. The Morgan fingerprint density at radius 3 is 2.70 bits per heavy atom. The highest BCUT2D eigenvalue weighted by Crippen LogP contribution is 2.34. The topological polar surface area (TPSA) is 93.1 Å². The maximum atomic E-state index is 13.6. The Hall–Kier alpha value is -2.65. The first-order chi connectivity index (χ1) is 15.9. The van der Waals surface area contributed by atoms with Crippen molar-refractivity contribution in [1.29, 1.82) is 0 Å². The molecule has 1 aromatic carbocycles. The molecule has 3 amide bonds. The second kappa shape index (κ2) is 10.5. The third-order valence-corrected chi connectivity index (χ3v) is 7.67. The number of aryl methyl sites for hydroxylation is 3. The summed E-state index contributed by atoms with van der Waals surface area (Å²) in [5.74, 6) is -0.424. The molecule has 2 N–H and O–H groups in total. The molecule has 0 bridgehead atoms. The van der Waals surface area contributed by atoms with Crippen LogP contribution in [-0.2, 0) is 30.6 Å². The van der Waals surface area contributed by atoms with E-state index in [0.29, 0.717) is 18.1 Å². The molecule has 0 atom stereocenters. The van der Waals surface area contributed by atoms with E-state index in [1.165, 1.54) is 16.6 Å². The Labute approximate surface area is 201 Å². The fourth-order valence-electron chi connectivity index (χ4n) is 4.00. The van der Waals surface area contributed by atoms with Gasteiger partial charge in [0.1, 0.15) is 4.83 Å². The van der Waals surface area contributed by atoms with E-state index in [2.05, 4.69) is 10.6 Å². The number of thiophene rings is 1. The summed E-state index contributed by atoms with van der Waals surface area (Å²) in [6.45, 7) is 4.13. The van der Waals surface area contributed by atoms with Gasteiger partial charge in [-0.3, -0.25) is 19.5 Å². The number of hydrogen-bond acceptors (Lipinski definition) is 6. The van der Waals surface area contributed by atoms with Crippen molar-refractivity contribution in [2.45, 2.75) is 63.7 Å². The SMILES string of the molecule is CC(C)NC(=O)NC(=O)CSc1nc2sc3c(c2c(=O)n1CCc1ccccc1)CCCC3. The molecule has 2 aromatic heterocycles. The summed E-state index contributed by atoms with van der Waals surface area (Å²) in [6.07, 6.45) is 4.84. The van der Waals surface area contributed by atoms with Crippen molar-refractivity contribution in [3.8, 4) is 0 Å². The van der Waals surface area contributed by atoms with Crippen LogP contribution < -0.4 is 16.2 Å². The summed E-state index contributed by atoms with van der Waals surface area (Å²) in [6, 6.07) is 9.42. The molecule has 3 aromatic rings. The Kier molecular flexibility index (Phi) is 7.49. The molecular weight excluding hydrogens is 456 g/mol. The maximum absolute atomic E-state index is 13.6. The summed E-state index contributed by atoms with van der Waals surface area (Å²) in [5, 5.41) is 6.22. The molecule has 174 valence electrons. The number of carbonyl (C=O) groups is 2. The molecule has 4 rings (SSSR count). The quantitative estimate of drug-likeness (QED) is 0.392. The lowest BCUT2D eigenvalue weighted by atomic mass is 9.97. The highest BCUT2D eigenvalue weighted by atomic mass is 32.2. The number of benzene rings is 1. The van der Waals surface area contributed by atoms with Gasteiger partial charge in [0.25, 0.3) is 5.56 Å². The van der Waals surface area contributed by atoms with E-state index in [1.807, 2.05) is 44.2 Å². The number of nitrogens with one attached hydrogen (secondary N) is 2. The Bertz CT molecular complexity index is 1220. The number of thioether (sulfide) groups is 1. The molecule has 0 unspecified atom stereocenters. The van der Waals surface area contributed by atoms with Gasteiger partial charge in [0.15, 0.2) is 5.16 Å². The van der Waals surface area contributed by atoms with Crippen LogP contribution in [0.5, 0.6) is 0 Å². The second-order valence-electron chi connectivity index (χ2n) is 8.44. The zero-order chi connectivity index (χ0) is 23.4. The lowest BCUT2D eigenvalue weighted by Gasteiger charge is -2.14. The van der Waals surface area contributed by atoms with E-state index in [4.69, 9.17) is 4.98 Å². The number of imide groups is 1. The van der Waals surface area contributed by atoms with Gasteiger partial charge in [0.05, 0.1) is 11.1 Å². The zero-order valence-corrected chi connectivity index (χ0v) is 20.5. The molecule has 0 aliphatic heterocycles. The highest BCUT2D eigenvalue weighted by molar-refractivity contribution is 7.99. The van der Waals surface area contributed by atoms with E-state index in [1.54, 1.807) is 15.9 Å². The van der Waals surface area contributed by atoms with Crippen LogP contribution in [0, 0.1) is 0 Å². The molecule has 0 radical (unpaired) electrons. The zero-order valence-electron chi connectivity index (χ0n) is 18.8. The van der Waals surface area contributed by atoms with E-state index in [0.717, 1.165) is 47.0 Å². The van der Waals surface area contributed by atoms with Crippen LogP contribution in [-0.4, -0.2) is 33.3 Å². The van der Waals surface area contributed by atoms with E-state index >= 15 is 0 Å². The molecule has 0 saturated carbocycles. The lowest BCUT2D eigenvalue weighted by molar-refractivity contribution is -0.117. The van der Waals surface area contributed by atoms with Gasteiger partial charge in [-0.15, -0.1) is 11.3 Å². The van der Waals surface area contributed by atoms with Gasteiger partial charge in [0.2, 0.25) is 5.91 Å². The van der Waals surface area contributed by atoms with Crippen LogP contribution in [0.15, 0.2) is 40.3 Å². The Balaban J connectivity index is 1.61. The van der Waals surface area contributed by atoms with Gasteiger partial charge in [-0.25, -0.2) is 9.78 Å². The average molecular weight is 485 g/mol. The number of fused-ring (bicyclic) bond motifs is 3. The number of rotatable bonds is 7. The van der Waals surface area contributed by atoms with Crippen LogP contribution in [0.3, 0.4) is 0 Å². The third-order valence-electron chi connectivity index (χ3n) is 5.51. The van der Waals surface area contributed by atoms with Crippen LogP contribution in [0.2, 0.25) is 0 Å². The minimum atomic E-state index is -0.522. The predicted octanol–water partition coefficient (Wildman–Crippen LogP) is 3.91. The first kappa shape index (κ1) is 23.5. The molecule has 1 aliphatic rings. The second-order valence-corrected chi connectivity index (χ2v) is 10.5. The van der Waals surface area contributed by atoms with Gasteiger partial charge in [0, 0.05) is 17.5 Å². The molecule has 1 aliphatic carbocycles. The molecule has 0 spiro atoms. The number of nitrogens with zero attached hydrogens (tertiary/aromatic N) is 2. The number of urea groups is 1. The first-order valence-electron chi connectivity index (χ1n) is 11.2. The molecule has 9 heteroatoms. The monoisotopic (exact) mass is 484 g/mol. The molecule has 2 heterocycles. The number of carbonyl (C=O) groups excluding carboxylic acids is 2. The highest BCUT2D eigenvalue weighted by Gasteiger charge is 2.22. The molecule has 33 heavy (non-hydrogen) atoms. The summed E-state index contributed by atoms with van der Waals surface area (Å²) in [5.41, 5.74) is 2.26. The van der Waals surface area contributed by atoms with Gasteiger partial charge >= 0.3 is 6.03 Å².